The van der Waals surface area contributed by atoms with Gasteiger partial charge in [0.05, 0.1) is 11.4 Å². The molecule has 0 saturated carbocycles. The van der Waals surface area contributed by atoms with Gasteiger partial charge in [-0.1, -0.05) is 0 Å². The van der Waals surface area contributed by atoms with Crippen LogP contribution in [0.4, 0.5) is 11.6 Å². The molecule has 2 N–H and O–H groups in total. The Hall–Kier alpha value is -2.50. The van der Waals surface area contributed by atoms with E-state index >= 15 is 0 Å². The predicted octanol–water partition coefficient (Wildman–Crippen LogP) is 1.72. The molecule has 6 heteroatoms. The number of fused-ring (bicyclic) bond motifs is 1. The lowest BCUT2D eigenvalue weighted by molar-refractivity contribution is 0.762. The van der Waals surface area contributed by atoms with Crippen LogP contribution in [0.3, 0.4) is 0 Å². The Labute approximate surface area is 117 Å². The zero-order valence-corrected chi connectivity index (χ0v) is 12.1. The van der Waals surface area contributed by atoms with E-state index < -0.39 is 0 Å². The number of aromatic nitrogens is 4. The molecule has 0 radical (unpaired) electrons. The van der Waals surface area contributed by atoms with E-state index in [0.717, 1.165) is 28.2 Å². The third-order valence-electron chi connectivity index (χ3n) is 3.45. The summed E-state index contributed by atoms with van der Waals surface area (Å²) in [6.07, 6.45) is 0. The average Bonchev–Trinajstić information content (AvgIpc) is 2.88. The van der Waals surface area contributed by atoms with Gasteiger partial charge >= 0.3 is 0 Å². The molecule has 0 bridgehead atoms. The van der Waals surface area contributed by atoms with Crippen molar-refractivity contribution in [2.75, 3.05) is 24.7 Å². The maximum absolute atomic E-state index is 6.07. The van der Waals surface area contributed by atoms with Gasteiger partial charge in [-0.25, -0.2) is 9.67 Å². The van der Waals surface area contributed by atoms with Crippen LogP contribution in [0, 0.1) is 6.92 Å². The molecule has 3 aromatic rings. The first-order valence-electron chi connectivity index (χ1n) is 6.44. The van der Waals surface area contributed by atoms with Crippen LogP contribution in [0.2, 0.25) is 0 Å². The van der Waals surface area contributed by atoms with Gasteiger partial charge in [0.1, 0.15) is 5.52 Å². The number of aryl methyl sites for hydroxylation is 2. The molecular weight excluding hydrogens is 252 g/mol. The summed E-state index contributed by atoms with van der Waals surface area (Å²) in [5, 5.41) is 4.39. The molecule has 0 aliphatic carbocycles. The summed E-state index contributed by atoms with van der Waals surface area (Å²) < 4.78 is 3.74. The van der Waals surface area contributed by atoms with E-state index in [1.54, 1.807) is 0 Å². The smallest absolute Gasteiger partial charge is 0.207 e. The first-order chi connectivity index (χ1) is 9.49. The Kier molecular flexibility index (Phi) is 2.67. The van der Waals surface area contributed by atoms with E-state index in [1.165, 1.54) is 0 Å². The highest BCUT2D eigenvalue weighted by Gasteiger charge is 2.16. The highest BCUT2D eigenvalue weighted by molar-refractivity contribution is 5.80. The largest absolute Gasteiger partial charge is 0.378 e. The second-order valence-electron chi connectivity index (χ2n) is 5.10. The van der Waals surface area contributed by atoms with Gasteiger partial charge in [0.25, 0.3) is 0 Å². The van der Waals surface area contributed by atoms with Crippen molar-refractivity contribution in [3.8, 4) is 5.69 Å². The molecule has 2 aromatic heterocycles. The van der Waals surface area contributed by atoms with Crippen molar-refractivity contribution in [2.45, 2.75) is 6.92 Å². The Balaban J connectivity index is 2.21. The SMILES string of the molecule is Cc1nn(C)c2c1nc(N)n2-c1ccc(N(C)C)cc1. The number of nitrogen functional groups attached to an aromatic ring is 1. The highest BCUT2D eigenvalue weighted by Crippen LogP contribution is 2.25. The number of benzene rings is 1. The van der Waals surface area contributed by atoms with Crippen LogP contribution in [0.1, 0.15) is 5.69 Å². The lowest BCUT2D eigenvalue weighted by atomic mass is 10.2. The molecule has 20 heavy (non-hydrogen) atoms. The average molecular weight is 270 g/mol. The van der Waals surface area contributed by atoms with Crippen LogP contribution in [-0.4, -0.2) is 33.4 Å². The molecule has 0 aliphatic rings. The van der Waals surface area contributed by atoms with Gasteiger partial charge in [0.15, 0.2) is 5.65 Å². The third-order valence-corrected chi connectivity index (χ3v) is 3.45. The molecule has 0 unspecified atom stereocenters. The summed E-state index contributed by atoms with van der Waals surface area (Å²) in [4.78, 5) is 6.47. The summed E-state index contributed by atoms with van der Waals surface area (Å²) in [5.41, 5.74) is 10.8. The zero-order valence-electron chi connectivity index (χ0n) is 12.1. The van der Waals surface area contributed by atoms with E-state index in [0.29, 0.717) is 5.95 Å². The molecule has 0 fully saturated rings. The maximum atomic E-state index is 6.07. The maximum Gasteiger partial charge on any atom is 0.207 e. The van der Waals surface area contributed by atoms with Crippen molar-refractivity contribution in [1.82, 2.24) is 19.3 Å². The monoisotopic (exact) mass is 270 g/mol. The summed E-state index contributed by atoms with van der Waals surface area (Å²) in [5.74, 6) is 0.480. The number of imidazole rings is 1. The van der Waals surface area contributed by atoms with Crippen molar-refractivity contribution in [3.05, 3.63) is 30.0 Å². The molecule has 6 nitrogen and oxygen atoms in total. The van der Waals surface area contributed by atoms with Crippen molar-refractivity contribution < 1.29 is 0 Å². The predicted molar refractivity (Wildman–Crippen MR) is 81.3 cm³/mol. The molecular formula is C14H18N6. The van der Waals surface area contributed by atoms with Gasteiger partial charge in [0.2, 0.25) is 5.95 Å². The van der Waals surface area contributed by atoms with Gasteiger partial charge in [-0.3, -0.25) is 4.57 Å². The second kappa shape index (κ2) is 4.26. The minimum absolute atomic E-state index is 0.480. The summed E-state index contributed by atoms with van der Waals surface area (Å²) >= 11 is 0. The Bertz CT molecular complexity index is 763. The van der Waals surface area contributed by atoms with Crippen molar-refractivity contribution in [2.24, 2.45) is 7.05 Å². The molecule has 2 heterocycles. The van der Waals surface area contributed by atoms with Gasteiger partial charge in [-0.15, -0.1) is 0 Å². The van der Waals surface area contributed by atoms with Crippen molar-refractivity contribution in [1.29, 1.82) is 0 Å². The normalized spacial score (nSPS) is 11.2. The number of nitrogens with two attached hydrogens (primary N) is 1. The molecule has 1 aromatic carbocycles. The molecule has 0 aliphatic heterocycles. The van der Waals surface area contributed by atoms with E-state index in [9.17, 15) is 0 Å². The topological polar surface area (TPSA) is 64.9 Å². The summed E-state index contributed by atoms with van der Waals surface area (Å²) in [6.45, 7) is 1.94. The standard InChI is InChI=1S/C14H18N6/c1-9-12-13(19(4)17-9)20(14(15)16-12)11-7-5-10(6-8-11)18(2)3/h5-8H,1-4H3,(H2,15,16). The Morgan fingerprint density at radius 3 is 2.40 bits per heavy atom. The number of rotatable bonds is 2. The number of hydrogen-bond acceptors (Lipinski definition) is 4. The molecule has 104 valence electrons. The molecule has 0 saturated heterocycles. The minimum Gasteiger partial charge on any atom is -0.378 e. The van der Waals surface area contributed by atoms with Crippen LogP contribution in [-0.2, 0) is 7.05 Å². The van der Waals surface area contributed by atoms with Gasteiger partial charge < -0.3 is 10.6 Å². The molecule has 3 rings (SSSR count). The summed E-state index contributed by atoms with van der Waals surface area (Å²) in [7, 11) is 5.94. The molecule has 0 amide bonds. The number of hydrogen-bond donors (Lipinski definition) is 1. The van der Waals surface area contributed by atoms with E-state index in [1.807, 2.05) is 49.4 Å². The Morgan fingerprint density at radius 1 is 1.15 bits per heavy atom. The van der Waals surface area contributed by atoms with E-state index in [4.69, 9.17) is 5.73 Å². The highest BCUT2D eigenvalue weighted by atomic mass is 15.3. The second-order valence-corrected chi connectivity index (χ2v) is 5.10. The quantitative estimate of drug-likeness (QED) is 0.770. The lowest BCUT2D eigenvalue weighted by Gasteiger charge is -2.13. The fraction of sp³-hybridized carbons (Fsp3) is 0.286. The fourth-order valence-corrected chi connectivity index (χ4v) is 2.44. The van der Waals surface area contributed by atoms with Crippen LogP contribution in [0.5, 0.6) is 0 Å². The van der Waals surface area contributed by atoms with Crippen LogP contribution >= 0.6 is 0 Å². The van der Waals surface area contributed by atoms with Gasteiger partial charge in [0, 0.05) is 26.8 Å². The zero-order chi connectivity index (χ0) is 14.4. The number of nitrogens with zero attached hydrogens (tertiary/aromatic N) is 5. The van der Waals surface area contributed by atoms with Crippen LogP contribution < -0.4 is 10.6 Å². The Morgan fingerprint density at radius 2 is 1.80 bits per heavy atom. The number of anilines is 2. The van der Waals surface area contributed by atoms with Crippen LogP contribution in [0.15, 0.2) is 24.3 Å². The molecule has 0 atom stereocenters. The fourth-order valence-electron chi connectivity index (χ4n) is 2.44. The lowest BCUT2D eigenvalue weighted by Crippen LogP contribution is -2.09. The van der Waals surface area contributed by atoms with E-state index in [2.05, 4.69) is 27.1 Å². The third kappa shape index (κ3) is 1.72. The minimum atomic E-state index is 0.480. The first-order valence-corrected chi connectivity index (χ1v) is 6.44. The van der Waals surface area contributed by atoms with Crippen molar-refractivity contribution >= 4 is 22.8 Å². The van der Waals surface area contributed by atoms with E-state index in [-0.39, 0.29) is 0 Å². The summed E-state index contributed by atoms with van der Waals surface area (Å²) in [6, 6.07) is 8.19. The van der Waals surface area contributed by atoms with Gasteiger partial charge in [-0.2, -0.15) is 5.10 Å². The van der Waals surface area contributed by atoms with Crippen LogP contribution in [0.25, 0.3) is 16.9 Å². The van der Waals surface area contributed by atoms with Crippen molar-refractivity contribution in [3.63, 3.8) is 0 Å². The first kappa shape index (κ1) is 12.5. The molecule has 0 spiro atoms. The van der Waals surface area contributed by atoms with Gasteiger partial charge in [-0.05, 0) is 31.2 Å².